The molecule has 114 valence electrons. The lowest BCUT2D eigenvalue weighted by Crippen LogP contribution is -2.58. The van der Waals surface area contributed by atoms with E-state index in [0.717, 1.165) is 18.0 Å². The molecule has 2 rings (SSSR count). The summed E-state index contributed by atoms with van der Waals surface area (Å²) in [6.45, 7) is 15.3. The summed E-state index contributed by atoms with van der Waals surface area (Å²) in [5.74, 6) is 0.846. The van der Waals surface area contributed by atoms with Gasteiger partial charge in [-0.1, -0.05) is 40.3 Å². The molecule has 1 unspecified atom stereocenters. The van der Waals surface area contributed by atoms with Gasteiger partial charge in [0.1, 0.15) is 12.4 Å². The number of hydrogen-bond donors (Lipinski definition) is 1. The Morgan fingerprint density at radius 2 is 2.00 bits per heavy atom. The van der Waals surface area contributed by atoms with E-state index in [1.54, 1.807) is 6.08 Å². The van der Waals surface area contributed by atoms with Gasteiger partial charge >= 0.3 is 0 Å². The first-order valence-electron chi connectivity index (χ1n) is 7.43. The van der Waals surface area contributed by atoms with Crippen LogP contribution in [0.1, 0.15) is 34.6 Å². The van der Waals surface area contributed by atoms with Crippen LogP contribution < -0.4 is 5.32 Å². The summed E-state index contributed by atoms with van der Waals surface area (Å²) >= 11 is 0. The molecule has 1 N–H and O–H groups in total. The zero-order chi connectivity index (χ0) is 15.5. The third kappa shape index (κ3) is 4.23. The SMILES string of the molecule is C=C/C=C1\C(=C/C)OCC2CNCC(=O)N12.CC.CC. The smallest absolute Gasteiger partial charge is 0.241 e. The summed E-state index contributed by atoms with van der Waals surface area (Å²) in [5, 5.41) is 3.09. The van der Waals surface area contributed by atoms with Gasteiger partial charge in [0.05, 0.1) is 18.3 Å². The van der Waals surface area contributed by atoms with Gasteiger partial charge in [0.15, 0.2) is 0 Å². The highest BCUT2D eigenvalue weighted by molar-refractivity contribution is 5.82. The minimum absolute atomic E-state index is 0.0898. The minimum Gasteiger partial charge on any atom is -0.490 e. The van der Waals surface area contributed by atoms with Crippen LogP contribution in [0.5, 0.6) is 0 Å². The first-order valence-corrected chi connectivity index (χ1v) is 7.43. The molecular formula is C16H28N2O2. The fraction of sp³-hybridized carbons (Fsp3) is 0.562. The number of carbonyl (C=O) groups is 1. The predicted molar refractivity (Wildman–Crippen MR) is 84.2 cm³/mol. The molecule has 0 saturated carbocycles. The van der Waals surface area contributed by atoms with Crippen LogP contribution in [0, 0.1) is 0 Å². The fourth-order valence-electron chi connectivity index (χ4n) is 2.07. The molecule has 0 spiro atoms. The number of amides is 1. The summed E-state index contributed by atoms with van der Waals surface area (Å²) < 4.78 is 5.62. The van der Waals surface area contributed by atoms with Crippen LogP contribution >= 0.6 is 0 Å². The quantitative estimate of drug-likeness (QED) is 0.803. The van der Waals surface area contributed by atoms with E-state index in [1.807, 2.05) is 51.7 Å². The van der Waals surface area contributed by atoms with E-state index in [0.29, 0.717) is 13.2 Å². The maximum absolute atomic E-state index is 11.9. The van der Waals surface area contributed by atoms with Crippen molar-refractivity contribution in [3.63, 3.8) is 0 Å². The van der Waals surface area contributed by atoms with Crippen LogP contribution in [0.25, 0.3) is 0 Å². The summed E-state index contributed by atoms with van der Waals surface area (Å²) in [5.41, 5.74) is 0.820. The topological polar surface area (TPSA) is 41.6 Å². The number of allylic oxidation sites excluding steroid dienone is 3. The number of carbonyl (C=O) groups excluding carboxylic acids is 1. The fourth-order valence-corrected chi connectivity index (χ4v) is 2.07. The monoisotopic (exact) mass is 280 g/mol. The number of nitrogens with zero attached hydrogens (tertiary/aromatic N) is 1. The zero-order valence-corrected chi connectivity index (χ0v) is 13.4. The molecule has 2 saturated heterocycles. The largest absolute Gasteiger partial charge is 0.490 e. The lowest BCUT2D eigenvalue weighted by atomic mass is 10.1. The van der Waals surface area contributed by atoms with E-state index in [1.165, 1.54) is 0 Å². The molecule has 4 heteroatoms. The van der Waals surface area contributed by atoms with Crippen LogP contribution in [0.3, 0.4) is 0 Å². The maximum atomic E-state index is 11.9. The molecule has 1 atom stereocenters. The van der Waals surface area contributed by atoms with Crippen molar-refractivity contribution < 1.29 is 9.53 Å². The molecule has 4 nitrogen and oxygen atoms in total. The van der Waals surface area contributed by atoms with Gasteiger partial charge in [-0.3, -0.25) is 4.79 Å². The van der Waals surface area contributed by atoms with Crippen LogP contribution in [0.4, 0.5) is 0 Å². The average molecular weight is 280 g/mol. The maximum Gasteiger partial charge on any atom is 0.241 e. The second-order valence-electron chi connectivity index (χ2n) is 3.80. The van der Waals surface area contributed by atoms with Crippen molar-refractivity contribution in [2.45, 2.75) is 40.7 Å². The Balaban J connectivity index is 0.000000829. The van der Waals surface area contributed by atoms with E-state index >= 15 is 0 Å². The number of ether oxygens (including phenoxy) is 1. The third-order valence-corrected chi connectivity index (χ3v) is 2.77. The number of morpholine rings is 1. The van der Waals surface area contributed by atoms with E-state index in [-0.39, 0.29) is 11.9 Å². The van der Waals surface area contributed by atoms with Crippen molar-refractivity contribution in [2.24, 2.45) is 0 Å². The van der Waals surface area contributed by atoms with E-state index in [9.17, 15) is 4.79 Å². The van der Waals surface area contributed by atoms with Crippen molar-refractivity contribution in [1.82, 2.24) is 10.2 Å². The molecule has 0 aromatic heterocycles. The van der Waals surface area contributed by atoms with E-state index < -0.39 is 0 Å². The van der Waals surface area contributed by atoms with Gasteiger partial charge in [-0.25, -0.2) is 0 Å². The molecule has 0 aromatic rings. The lowest BCUT2D eigenvalue weighted by Gasteiger charge is -2.41. The van der Waals surface area contributed by atoms with Crippen molar-refractivity contribution in [1.29, 1.82) is 0 Å². The minimum atomic E-state index is 0.0898. The molecule has 1 amide bonds. The Morgan fingerprint density at radius 1 is 1.35 bits per heavy atom. The number of fused-ring (bicyclic) bond motifs is 1. The van der Waals surface area contributed by atoms with Gasteiger partial charge in [0.25, 0.3) is 0 Å². The van der Waals surface area contributed by atoms with Gasteiger partial charge in [0.2, 0.25) is 5.91 Å². The molecule has 20 heavy (non-hydrogen) atoms. The van der Waals surface area contributed by atoms with Crippen molar-refractivity contribution in [3.05, 3.63) is 36.3 Å². The zero-order valence-electron chi connectivity index (χ0n) is 13.4. The number of rotatable bonds is 1. The highest BCUT2D eigenvalue weighted by Crippen LogP contribution is 2.27. The molecule has 2 aliphatic heterocycles. The summed E-state index contributed by atoms with van der Waals surface area (Å²) in [7, 11) is 0. The second-order valence-corrected chi connectivity index (χ2v) is 3.80. The molecule has 0 bridgehead atoms. The highest BCUT2D eigenvalue weighted by Gasteiger charge is 2.36. The van der Waals surface area contributed by atoms with Crippen molar-refractivity contribution in [3.8, 4) is 0 Å². The Hall–Kier alpha value is -1.55. The van der Waals surface area contributed by atoms with Gasteiger partial charge < -0.3 is 15.0 Å². The molecule has 2 fully saturated rings. The van der Waals surface area contributed by atoms with Crippen LogP contribution in [-0.4, -0.2) is 36.5 Å². The normalized spacial score (nSPS) is 24.8. The number of nitrogens with one attached hydrogen (secondary N) is 1. The number of hydrogen-bond acceptors (Lipinski definition) is 3. The Labute approximate surface area is 123 Å². The first-order chi connectivity index (χ1) is 9.77. The highest BCUT2D eigenvalue weighted by atomic mass is 16.5. The van der Waals surface area contributed by atoms with Crippen molar-refractivity contribution >= 4 is 5.91 Å². The van der Waals surface area contributed by atoms with Crippen LogP contribution in [-0.2, 0) is 9.53 Å². The lowest BCUT2D eigenvalue weighted by molar-refractivity contribution is -0.135. The number of piperazine rings is 1. The summed E-state index contributed by atoms with van der Waals surface area (Å²) in [6, 6.07) is 0.0937. The van der Waals surface area contributed by atoms with Gasteiger partial charge in [-0.05, 0) is 19.1 Å². The summed E-state index contributed by atoms with van der Waals surface area (Å²) in [6.07, 6.45) is 5.38. The third-order valence-electron chi connectivity index (χ3n) is 2.77. The Kier molecular flexibility index (Phi) is 9.47. The molecular weight excluding hydrogens is 252 g/mol. The molecule has 2 aliphatic rings. The molecule has 0 aliphatic carbocycles. The first kappa shape index (κ1) is 18.4. The Bertz CT molecular complexity index is 373. The van der Waals surface area contributed by atoms with Gasteiger partial charge in [-0.15, -0.1) is 0 Å². The van der Waals surface area contributed by atoms with Crippen LogP contribution in [0.15, 0.2) is 36.3 Å². The van der Waals surface area contributed by atoms with Gasteiger partial charge in [-0.2, -0.15) is 0 Å². The molecule has 2 heterocycles. The average Bonchev–Trinajstić information content (AvgIpc) is 2.52. The summed E-state index contributed by atoms with van der Waals surface area (Å²) in [4.78, 5) is 13.7. The predicted octanol–water partition coefficient (Wildman–Crippen LogP) is 2.84. The van der Waals surface area contributed by atoms with Crippen LogP contribution in [0.2, 0.25) is 0 Å². The van der Waals surface area contributed by atoms with E-state index in [2.05, 4.69) is 11.9 Å². The van der Waals surface area contributed by atoms with E-state index in [4.69, 9.17) is 4.74 Å². The van der Waals surface area contributed by atoms with Crippen molar-refractivity contribution in [2.75, 3.05) is 19.7 Å². The second kappa shape index (κ2) is 10.3. The van der Waals surface area contributed by atoms with Gasteiger partial charge in [0, 0.05) is 6.54 Å². The molecule has 0 radical (unpaired) electrons. The standard InChI is InChI=1S/C12H16N2O2.2C2H6/c1-3-5-10-11(4-2)16-8-9-6-13-7-12(15)14(9)10;2*1-2/h3-5,9,13H,1,6-8H2,2H3;2*1-2H3/b10-5+,11-4+;;. The molecule has 0 aromatic carbocycles. The Morgan fingerprint density at radius 3 is 2.55 bits per heavy atom.